The maximum Gasteiger partial charge on any atom is 0.410 e. The van der Waals surface area contributed by atoms with Crippen molar-refractivity contribution in [3.63, 3.8) is 0 Å². The van der Waals surface area contributed by atoms with Gasteiger partial charge < -0.3 is 33.7 Å². The molecule has 400 valence electrons. The first-order chi connectivity index (χ1) is 34.4. The molecule has 4 bridgehead atoms. The van der Waals surface area contributed by atoms with Crippen LogP contribution in [0, 0.1) is 11.6 Å². The van der Waals surface area contributed by atoms with Crippen molar-refractivity contribution in [1.82, 2.24) is 34.3 Å². The van der Waals surface area contributed by atoms with Crippen LogP contribution in [0.1, 0.15) is 59.9 Å². The molecule has 2 aromatic carbocycles. The molecule has 24 heteroatoms. The van der Waals surface area contributed by atoms with E-state index in [1.807, 2.05) is 38.2 Å². The van der Waals surface area contributed by atoms with Gasteiger partial charge in [0.2, 0.25) is 11.8 Å². The van der Waals surface area contributed by atoms with Gasteiger partial charge in [0.1, 0.15) is 42.3 Å². The number of piperidine rings is 2. The first kappa shape index (κ1) is 56.5. The van der Waals surface area contributed by atoms with Crippen LogP contribution in [0.5, 0.6) is 11.8 Å². The number of carbonyl (C=O) groups excluding carboxylic acids is 2. The largest absolute Gasteiger partial charge is 0.474 e. The molecule has 74 heavy (non-hydrogen) atoms. The Morgan fingerprint density at radius 3 is 1.66 bits per heavy atom. The molecule has 4 aliphatic heterocycles. The Bertz CT molecular complexity index is 3090. The molecule has 0 radical (unpaired) electrons. The molecule has 7 heterocycles. The van der Waals surface area contributed by atoms with Gasteiger partial charge in [0, 0.05) is 64.0 Å². The number of hydrogen-bond donors (Lipinski definition) is 1. The van der Waals surface area contributed by atoms with Crippen molar-refractivity contribution < 1.29 is 63.6 Å². The van der Waals surface area contributed by atoms with Gasteiger partial charge in [-0.1, -0.05) is 39.2 Å². The zero-order valence-electron chi connectivity index (χ0n) is 40.2. The number of benzene rings is 2. The molecule has 5 aromatic rings. The third-order valence-corrected chi connectivity index (χ3v) is 14.8. The molecule has 0 spiro atoms. The number of nitrogens with zero attached hydrogens (tertiary/aromatic N) is 7. The van der Waals surface area contributed by atoms with Crippen molar-refractivity contribution in [2.24, 2.45) is 0 Å². The number of halogens is 2. The molecule has 0 saturated carbocycles. The van der Waals surface area contributed by atoms with Crippen molar-refractivity contribution in [3.8, 4) is 17.4 Å². The lowest BCUT2D eigenvalue weighted by Crippen LogP contribution is -2.50. The monoisotopic (exact) mass is 1070 g/mol. The summed E-state index contributed by atoms with van der Waals surface area (Å²) in [4.78, 5) is 44.7. The zero-order valence-corrected chi connectivity index (χ0v) is 41.8. The predicted octanol–water partition coefficient (Wildman–Crippen LogP) is 7.77. The summed E-state index contributed by atoms with van der Waals surface area (Å²) in [5.41, 5.74) is 1.13. The van der Waals surface area contributed by atoms with Gasteiger partial charge in [0.15, 0.2) is 31.6 Å². The number of aromatic nitrogens is 5. The smallest absolute Gasteiger partial charge is 0.410 e. The topological polar surface area (TPSA) is 233 Å². The minimum Gasteiger partial charge on any atom is -0.474 e. The highest BCUT2D eigenvalue weighted by Crippen LogP contribution is 2.37. The normalized spacial score (nSPS) is 20.6. The Morgan fingerprint density at radius 1 is 0.689 bits per heavy atom. The number of sulfone groups is 2. The first-order valence-electron chi connectivity index (χ1n) is 23.0. The molecule has 1 N–H and O–H groups in total. The van der Waals surface area contributed by atoms with E-state index in [0.29, 0.717) is 61.4 Å². The molecular formula is C50H62F2N8O12S2. The number of fused-ring (bicyclic) bond motifs is 5. The standard InChI is InChI=1S/C26H33FN4O7S.C22H21FN4O5S.2CH4/c1-5-36-23(37-6-2)14-20-24(30-22-10-9-19(13-21(22)27)39(4,33)34)28-15-29-25(20)38-18-11-16-7-8-17(12-18)31(16)26(32)35-3;1-31-22(28)27-13-3-4-14(27)10-15(9-13)32-21-17-7-8-26(20(17)24-12-25-21)19-6-5-16(11-18(19)23)33(2,29)30;;/h7-10,13,15-18,23H,5-6,11-12,14H2,1-4H3,(H,28,29,30);3-8,11-15H,9-10H2,1-2H3;2*1H4. The summed E-state index contributed by atoms with van der Waals surface area (Å²) >= 11 is 0. The van der Waals surface area contributed by atoms with Crippen LogP contribution in [0.2, 0.25) is 0 Å². The Balaban J connectivity index is 0.000000237. The van der Waals surface area contributed by atoms with Gasteiger partial charge in [-0.25, -0.2) is 55.1 Å². The summed E-state index contributed by atoms with van der Waals surface area (Å²) in [5.74, 6) is -0.532. The minimum absolute atomic E-state index is 0. The van der Waals surface area contributed by atoms with E-state index in [-0.39, 0.29) is 103 Å². The first-order valence-corrected chi connectivity index (χ1v) is 26.8. The average Bonchev–Trinajstić information content (AvgIpc) is 3.98. The molecule has 0 aliphatic carbocycles. The lowest BCUT2D eigenvalue weighted by atomic mass is 9.99. The molecule has 2 amide bonds. The second-order valence-corrected chi connectivity index (χ2v) is 21.3. The highest BCUT2D eigenvalue weighted by Gasteiger charge is 2.43. The highest BCUT2D eigenvalue weighted by atomic mass is 32.2. The van der Waals surface area contributed by atoms with Gasteiger partial charge in [0.05, 0.1) is 70.5 Å². The number of amides is 2. The van der Waals surface area contributed by atoms with Gasteiger partial charge in [-0.2, -0.15) is 0 Å². The number of carbonyl (C=O) groups is 2. The van der Waals surface area contributed by atoms with E-state index in [1.54, 1.807) is 22.1 Å². The molecule has 4 atom stereocenters. The van der Waals surface area contributed by atoms with E-state index in [0.717, 1.165) is 24.6 Å². The second kappa shape index (κ2) is 23.6. The average molecular weight is 1070 g/mol. The number of ether oxygens (including phenoxy) is 6. The highest BCUT2D eigenvalue weighted by molar-refractivity contribution is 7.91. The zero-order chi connectivity index (χ0) is 51.5. The summed E-state index contributed by atoms with van der Waals surface area (Å²) in [5, 5.41) is 3.55. The van der Waals surface area contributed by atoms with Crippen LogP contribution in [0.15, 0.2) is 95.4 Å². The van der Waals surface area contributed by atoms with Crippen molar-refractivity contribution in [3.05, 3.63) is 103 Å². The predicted molar refractivity (Wildman–Crippen MR) is 270 cm³/mol. The molecule has 4 aliphatic rings. The van der Waals surface area contributed by atoms with E-state index in [1.165, 1.54) is 55.7 Å². The van der Waals surface area contributed by atoms with Crippen LogP contribution in [-0.2, 0) is 45.0 Å². The van der Waals surface area contributed by atoms with Gasteiger partial charge in [-0.3, -0.25) is 14.4 Å². The van der Waals surface area contributed by atoms with E-state index in [9.17, 15) is 35.2 Å². The van der Waals surface area contributed by atoms with Gasteiger partial charge in [-0.15, -0.1) is 0 Å². The summed E-state index contributed by atoms with van der Waals surface area (Å²) < 4.78 is 112. The number of anilines is 2. The fourth-order valence-corrected chi connectivity index (χ4v) is 10.5. The summed E-state index contributed by atoms with van der Waals surface area (Å²) in [6.07, 6.45) is 14.9. The van der Waals surface area contributed by atoms with Crippen LogP contribution >= 0.6 is 0 Å². The summed E-state index contributed by atoms with van der Waals surface area (Å²) in [6.45, 7) is 4.50. The van der Waals surface area contributed by atoms with Crippen molar-refractivity contribution in [2.75, 3.05) is 45.3 Å². The fourth-order valence-electron chi connectivity index (χ4n) is 9.25. The Hall–Kier alpha value is -6.76. The molecule has 20 nitrogen and oxygen atoms in total. The van der Waals surface area contributed by atoms with Crippen molar-refractivity contribution in [2.45, 2.75) is 113 Å². The van der Waals surface area contributed by atoms with Gasteiger partial charge in [0.25, 0.3) is 0 Å². The molecule has 2 fully saturated rings. The van der Waals surface area contributed by atoms with Crippen LogP contribution < -0.4 is 14.8 Å². The maximum atomic E-state index is 14.9. The van der Waals surface area contributed by atoms with E-state index in [2.05, 4.69) is 25.3 Å². The fraction of sp³-hybridized carbons (Fsp3) is 0.440. The quantitative estimate of drug-likeness (QED) is 0.0779. The minimum atomic E-state index is -3.57. The third-order valence-electron chi connectivity index (χ3n) is 12.5. The maximum absolute atomic E-state index is 14.9. The second-order valence-electron chi connectivity index (χ2n) is 17.3. The van der Waals surface area contributed by atoms with E-state index >= 15 is 0 Å². The Morgan fingerprint density at radius 2 is 1.18 bits per heavy atom. The molecule has 2 saturated heterocycles. The summed E-state index contributed by atoms with van der Waals surface area (Å²) in [6, 6.07) is 8.56. The van der Waals surface area contributed by atoms with Crippen LogP contribution in [0.4, 0.5) is 29.9 Å². The number of nitrogens with one attached hydrogen (secondary N) is 1. The third kappa shape index (κ3) is 12.3. The number of methoxy groups -OCH3 is 2. The summed E-state index contributed by atoms with van der Waals surface area (Å²) in [7, 11) is -4.37. The van der Waals surface area contributed by atoms with Crippen LogP contribution in [0.25, 0.3) is 16.7 Å². The van der Waals surface area contributed by atoms with E-state index < -0.39 is 37.6 Å². The number of hydrogen-bond acceptors (Lipinski definition) is 17. The molecular weight excluding hydrogens is 1010 g/mol. The van der Waals surface area contributed by atoms with Crippen LogP contribution in [0.3, 0.4) is 0 Å². The lowest BCUT2D eigenvalue weighted by Gasteiger charge is -2.38. The number of rotatable bonds is 15. The Labute approximate surface area is 429 Å². The van der Waals surface area contributed by atoms with Gasteiger partial charge >= 0.3 is 12.2 Å². The van der Waals surface area contributed by atoms with Crippen molar-refractivity contribution in [1.29, 1.82) is 0 Å². The van der Waals surface area contributed by atoms with Crippen LogP contribution in [-0.4, -0.2) is 146 Å². The lowest BCUT2D eigenvalue weighted by molar-refractivity contribution is -0.134. The Kier molecular flexibility index (Phi) is 18.0. The SMILES string of the molecule is C.C.CCOC(Cc1c(Nc2ccc(S(C)(=O)=O)cc2F)ncnc1OC1CC2C=CC(C1)N2C(=O)OC)OCC.COC(=O)N1C2C=CC1CC(Oc1ncnc3c1ccn3-c1ccc(S(C)(=O)=O)cc1F)C2. The van der Waals surface area contributed by atoms with Gasteiger partial charge in [-0.05, 0) is 56.3 Å². The molecule has 4 unspecified atom stereocenters. The molecule has 9 rings (SSSR count). The van der Waals surface area contributed by atoms with Crippen molar-refractivity contribution >= 4 is 54.4 Å². The van der Waals surface area contributed by atoms with E-state index in [4.69, 9.17) is 28.4 Å². The molecule has 3 aromatic heterocycles.